The Labute approximate surface area is 161 Å². The van der Waals surface area contributed by atoms with E-state index in [1.807, 2.05) is 0 Å². The van der Waals surface area contributed by atoms with Crippen LogP contribution in [0.4, 0.5) is 10.1 Å². The van der Waals surface area contributed by atoms with E-state index in [0.29, 0.717) is 5.75 Å². The Morgan fingerprint density at radius 1 is 0.893 bits per heavy atom. The molecule has 0 heterocycles. The van der Waals surface area contributed by atoms with Gasteiger partial charge in [0.1, 0.15) is 11.6 Å². The first-order valence-corrected chi connectivity index (χ1v) is 8.24. The van der Waals surface area contributed by atoms with E-state index in [4.69, 9.17) is 4.74 Å². The van der Waals surface area contributed by atoms with Gasteiger partial charge in [-0.05, 0) is 56.3 Å². The van der Waals surface area contributed by atoms with Crippen LogP contribution in [0.2, 0.25) is 0 Å². The molecule has 0 saturated heterocycles. The average Bonchev–Trinajstić information content (AvgIpc) is 2.67. The molecule has 0 aliphatic rings. The van der Waals surface area contributed by atoms with Gasteiger partial charge < -0.3 is 19.5 Å². The molecule has 0 radical (unpaired) electrons. The minimum absolute atomic E-state index is 0.0676. The summed E-state index contributed by atoms with van der Waals surface area (Å²) in [4.78, 5) is 36.3. The Kier molecular flexibility index (Phi) is 6.35. The molecule has 0 aliphatic carbocycles. The van der Waals surface area contributed by atoms with E-state index in [1.165, 1.54) is 70.5 Å². The normalized spacial score (nSPS) is 10.8. The second kappa shape index (κ2) is 8.51. The second-order valence-corrected chi connectivity index (χ2v) is 6.30. The quantitative estimate of drug-likeness (QED) is 0.763. The zero-order valence-electron chi connectivity index (χ0n) is 15.9. The fraction of sp³-hybridized carbons (Fsp3) is 0.250. The standard InChI is InChI=1S/C20H20FNO6/c1-20(2,28-16-7-5-14(21)6-8-16)19(25)22-15-10-12(17(23)26-3)9-13(11-15)18(24)27-4/h5-11H,1-4H3,(H,22,25). The van der Waals surface area contributed by atoms with Gasteiger partial charge in [0.2, 0.25) is 0 Å². The lowest BCUT2D eigenvalue weighted by Crippen LogP contribution is -2.42. The highest BCUT2D eigenvalue weighted by molar-refractivity contribution is 6.01. The number of anilines is 1. The van der Waals surface area contributed by atoms with Crippen molar-refractivity contribution in [1.29, 1.82) is 0 Å². The highest BCUT2D eigenvalue weighted by atomic mass is 19.1. The Hall–Kier alpha value is -3.42. The Morgan fingerprint density at radius 3 is 1.86 bits per heavy atom. The van der Waals surface area contributed by atoms with Crippen molar-refractivity contribution in [2.75, 3.05) is 19.5 Å². The molecular formula is C20H20FNO6. The zero-order chi connectivity index (χ0) is 20.9. The molecule has 2 aromatic rings. The zero-order valence-corrected chi connectivity index (χ0v) is 15.9. The van der Waals surface area contributed by atoms with E-state index in [2.05, 4.69) is 14.8 Å². The third kappa shape index (κ3) is 5.06. The third-order valence-electron chi connectivity index (χ3n) is 3.77. The van der Waals surface area contributed by atoms with E-state index >= 15 is 0 Å². The largest absolute Gasteiger partial charge is 0.478 e. The maximum absolute atomic E-state index is 13.0. The Morgan fingerprint density at radius 2 is 1.39 bits per heavy atom. The third-order valence-corrected chi connectivity index (χ3v) is 3.77. The molecular weight excluding hydrogens is 369 g/mol. The first kappa shape index (κ1) is 20.9. The van der Waals surface area contributed by atoms with E-state index < -0.39 is 29.3 Å². The van der Waals surface area contributed by atoms with Crippen LogP contribution in [0, 0.1) is 5.82 Å². The summed E-state index contributed by atoms with van der Waals surface area (Å²) in [6.07, 6.45) is 0. The molecule has 28 heavy (non-hydrogen) atoms. The van der Waals surface area contributed by atoms with Crippen molar-refractivity contribution in [2.24, 2.45) is 0 Å². The molecule has 7 nitrogen and oxygen atoms in total. The number of hydrogen-bond acceptors (Lipinski definition) is 6. The maximum Gasteiger partial charge on any atom is 0.337 e. The van der Waals surface area contributed by atoms with E-state index in [1.54, 1.807) is 0 Å². The summed E-state index contributed by atoms with van der Waals surface area (Å²) in [5.74, 6) is -2.02. The van der Waals surface area contributed by atoms with Gasteiger partial charge in [0, 0.05) is 5.69 Å². The molecule has 0 aliphatic heterocycles. The first-order valence-electron chi connectivity index (χ1n) is 8.24. The van der Waals surface area contributed by atoms with Gasteiger partial charge in [0.15, 0.2) is 5.60 Å². The number of rotatable bonds is 6. The van der Waals surface area contributed by atoms with Crippen LogP contribution < -0.4 is 10.1 Å². The summed E-state index contributed by atoms with van der Waals surface area (Å²) in [5, 5.41) is 2.60. The minimum Gasteiger partial charge on any atom is -0.478 e. The van der Waals surface area contributed by atoms with E-state index in [-0.39, 0.29) is 16.8 Å². The number of ether oxygens (including phenoxy) is 3. The van der Waals surface area contributed by atoms with Crippen molar-refractivity contribution in [3.05, 3.63) is 59.4 Å². The monoisotopic (exact) mass is 389 g/mol. The van der Waals surface area contributed by atoms with Crippen LogP contribution in [0.3, 0.4) is 0 Å². The van der Waals surface area contributed by atoms with Crippen molar-refractivity contribution in [3.8, 4) is 5.75 Å². The van der Waals surface area contributed by atoms with Crippen molar-refractivity contribution in [3.63, 3.8) is 0 Å². The number of nitrogens with one attached hydrogen (secondary N) is 1. The predicted octanol–water partition coefficient (Wildman–Crippen LogP) is 3.20. The van der Waals surface area contributed by atoms with Crippen LogP contribution >= 0.6 is 0 Å². The van der Waals surface area contributed by atoms with Crippen LogP contribution in [0.25, 0.3) is 0 Å². The summed E-state index contributed by atoms with van der Waals surface area (Å²) >= 11 is 0. The van der Waals surface area contributed by atoms with Crippen LogP contribution in [0.1, 0.15) is 34.6 Å². The molecule has 0 unspecified atom stereocenters. The van der Waals surface area contributed by atoms with Gasteiger partial charge in [-0.15, -0.1) is 0 Å². The van der Waals surface area contributed by atoms with E-state index in [9.17, 15) is 18.8 Å². The van der Waals surface area contributed by atoms with Gasteiger partial charge in [-0.1, -0.05) is 0 Å². The fourth-order valence-corrected chi connectivity index (χ4v) is 2.30. The second-order valence-electron chi connectivity index (χ2n) is 6.30. The van der Waals surface area contributed by atoms with Gasteiger partial charge in [0.05, 0.1) is 25.3 Å². The molecule has 0 spiro atoms. The summed E-state index contributed by atoms with van der Waals surface area (Å²) < 4.78 is 28.0. The number of carbonyl (C=O) groups is 3. The number of amides is 1. The highest BCUT2D eigenvalue weighted by Crippen LogP contribution is 2.22. The molecule has 0 fully saturated rings. The molecule has 2 rings (SSSR count). The highest BCUT2D eigenvalue weighted by Gasteiger charge is 2.30. The fourth-order valence-electron chi connectivity index (χ4n) is 2.30. The number of esters is 2. The number of carbonyl (C=O) groups excluding carboxylic acids is 3. The molecule has 0 bridgehead atoms. The molecule has 148 valence electrons. The molecule has 0 atom stereocenters. The summed E-state index contributed by atoms with van der Waals surface area (Å²) in [6, 6.07) is 9.26. The molecule has 0 saturated carbocycles. The van der Waals surface area contributed by atoms with Crippen LogP contribution in [0.5, 0.6) is 5.75 Å². The molecule has 2 aromatic carbocycles. The molecule has 1 amide bonds. The number of hydrogen-bond donors (Lipinski definition) is 1. The lowest BCUT2D eigenvalue weighted by Gasteiger charge is -2.25. The molecule has 8 heteroatoms. The van der Waals surface area contributed by atoms with Gasteiger partial charge in [-0.25, -0.2) is 14.0 Å². The van der Waals surface area contributed by atoms with Crippen LogP contribution in [0.15, 0.2) is 42.5 Å². The number of benzene rings is 2. The predicted molar refractivity (Wildman–Crippen MR) is 98.9 cm³/mol. The minimum atomic E-state index is -1.33. The Bertz CT molecular complexity index is 858. The van der Waals surface area contributed by atoms with Gasteiger partial charge in [-0.2, -0.15) is 0 Å². The number of methoxy groups -OCH3 is 2. The SMILES string of the molecule is COC(=O)c1cc(NC(=O)C(C)(C)Oc2ccc(F)cc2)cc(C(=O)OC)c1. The topological polar surface area (TPSA) is 90.9 Å². The van der Waals surface area contributed by atoms with Crippen molar-refractivity contribution in [1.82, 2.24) is 0 Å². The Balaban J connectivity index is 2.26. The van der Waals surface area contributed by atoms with Crippen LogP contribution in [-0.2, 0) is 14.3 Å². The van der Waals surface area contributed by atoms with Crippen molar-refractivity contribution >= 4 is 23.5 Å². The average molecular weight is 389 g/mol. The van der Waals surface area contributed by atoms with Gasteiger partial charge in [0.25, 0.3) is 5.91 Å². The smallest absolute Gasteiger partial charge is 0.337 e. The lowest BCUT2D eigenvalue weighted by molar-refractivity contribution is -0.128. The lowest BCUT2D eigenvalue weighted by atomic mass is 10.1. The maximum atomic E-state index is 13.0. The first-order chi connectivity index (χ1) is 13.2. The summed E-state index contributed by atoms with van der Waals surface area (Å²) in [6.45, 7) is 3.05. The molecule has 0 aromatic heterocycles. The molecule has 1 N–H and O–H groups in total. The van der Waals surface area contributed by atoms with Gasteiger partial charge >= 0.3 is 11.9 Å². The van der Waals surface area contributed by atoms with Crippen molar-refractivity contribution in [2.45, 2.75) is 19.4 Å². The van der Waals surface area contributed by atoms with Crippen molar-refractivity contribution < 1.29 is 33.0 Å². The summed E-state index contributed by atoms with van der Waals surface area (Å²) in [5.41, 5.74) is -1.01. The number of halogens is 1. The van der Waals surface area contributed by atoms with Crippen LogP contribution in [-0.4, -0.2) is 37.7 Å². The van der Waals surface area contributed by atoms with Gasteiger partial charge in [-0.3, -0.25) is 4.79 Å². The summed E-state index contributed by atoms with van der Waals surface area (Å²) in [7, 11) is 2.40. The van der Waals surface area contributed by atoms with E-state index in [0.717, 1.165) is 0 Å².